The highest BCUT2D eigenvalue weighted by Crippen LogP contribution is 2.24. The summed E-state index contributed by atoms with van der Waals surface area (Å²) in [6, 6.07) is 0.507. The summed E-state index contributed by atoms with van der Waals surface area (Å²) >= 11 is 0. The van der Waals surface area contributed by atoms with Crippen LogP contribution >= 0.6 is 0 Å². The summed E-state index contributed by atoms with van der Waals surface area (Å²) in [6.07, 6.45) is 2.03. The first-order chi connectivity index (χ1) is 8.45. The minimum absolute atomic E-state index is 0.505. The van der Waals surface area contributed by atoms with Crippen LogP contribution in [0, 0.1) is 0 Å². The molecule has 18 heavy (non-hydrogen) atoms. The smallest absolute Gasteiger partial charge is 0.111 e. The van der Waals surface area contributed by atoms with Crippen LogP contribution in [0.5, 0.6) is 0 Å². The van der Waals surface area contributed by atoms with E-state index in [0.29, 0.717) is 17.9 Å². The summed E-state index contributed by atoms with van der Waals surface area (Å²) in [5, 5.41) is 0. The maximum absolute atomic E-state index is 4.52. The molecule has 108 valence electrons. The van der Waals surface area contributed by atoms with Crippen LogP contribution < -0.4 is 0 Å². The lowest BCUT2D eigenvalue weighted by Gasteiger charge is -2.19. The lowest BCUT2D eigenvalue weighted by molar-refractivity contribution is 0.519. The van der Waals surface area contributed by atoms with Crippen molar-refractivity contribution in [1.82, 2.24) is 9.55 Å². The summed E-state index contributed by atoms with van der Waals surface area (Å²) in [5.41, 5.74) is 1.35. The molecule has 2 nitrogen and oxygen atoms in total. The van der Waals surface area contributed by atoms with Crippen LogP contribution in [-0.2, 0) is 0 Å². The van der Waals surface area contributed by atoms with Crippen LogP contribution in [-0.4, -0.2) is 9.55 Å². The van der Waals surface area contributed by atoms with Crippen molar-refractivity contribution in [3.63, 3.8) is 0 Å². The SMILES string of the molecule is CC.CC.CC(C)c1cnc(C(C)C)n1C(C)C. The normalized spacial score (nSPS) is 10.1. The molecule has 0 saturated carbocycles. The van der Waals surface area contributed by atoms with Gasteiger partial charge in [0.15, 0.2) is 0 Å². The van der Waals surface area contributed by atoms with E-state index in [0.717, 1.165) is 0 Å². The molecule has 0 unspecified atom stereocenters. The van der Waals surface area contributed by atoms with E-state index in [1.807, 2.05) is 33.9 Å². The maximum Gasteiger partial charge on any atom is 0.111 e. The molecule has 0 bridgehead atoms. The minimum Gasteiger partial charge on any atom is -0.329 e. The van der Waals surface area contributed by atoms with Gasteiger partial charge < -0.3 is 4.57 Å². The molecule has 0 aliphatic rings. The molecule has 0 spiro atoms. The van der Waals surface area contributed by atoms with Crippen molar-refractivity contribution < 1.29 is 0 Å². The Morgan fingerprint density at radius 2 is 1.28 bits per heavy atom. The first-order valence-corrected chi connectivity index (χ1v) is 7.52. The van der Waals surface area contributed by atoms with E-state index in [4.69, 9.17) is 0 Å². The molecule has 0 aromatic carbocycles. The lowest BCUT2D eigenvalue weighted by atomic mass is 10.1. The third-order valence-corrected chi connectivity index (χ3v) is 2.48. The second-order valence-electron chi connectivity index (χ2n) is 4.81. The minimum atomic E-state index is 0.505. The van der Waals surface area contributed by atoms with Crippen molar-refractivity contribution in [3.05, 3.63) is 17.7 Å². The van der Waals surface area contributed by atoms with E-state index in [2.05, 4.69) is 51.1 Å². The second-order valence-corrected chi connectivity index (χ2v) is 4.81. The number of imidazole rings is 1. The predicted octanol–water partition coefficient (Wildman–Crippen LogP) is 5.76. The fourth-order valence-corrected chi connectivity index (χ4v) is 1.81. The van der Waals surface area contributed by atoms with E-state index in [1.54, 1.807) is 0 Å². The van der Waals surface area contributed by atoms with Crippen LogP contribution in [0.15, 0.2) is 6.20 Å². The molecule has 0 N–H and O–H groups in total. The number of rotatable bonds is 3. The van der Waals surface area contributed by atoms with Crippen LogP contribution in [0.1, 0.15) is 98.6 Å². The molecule has 0 atom stereocenters. The van der Waals surface area contributed by atoms with Crippen molar-refractivity contribution >= 4 is 0 Å². The van der Waals surface area contributed by atoms with Gasteiger partial charge in [0, 0.05) is 23.9 Å². The van der Waals surface area contributed by atoms with Crippen molar-refractivity contribution in [1.29, 1.82) is 0 Å². The van der Waals surface area contributed by atoms with Crippen LogP contribution in [0.25, 0.3) is 0 Å². The third kappa shape index (κ3) is 5.24. The zero-order chi connectivity index (χ0) is 14.9. The Morgan fingerprint density at radius 3 is 1.56 bits per heavy atom. The predicted molar refractivity (Wildman–Crippen MR) is 83.5 cm³/mol. The van der Waals surface area contributed by atoms with Gasteiger partial charge in [0.1, 0.15) is 5.82 Å². The summed E-state index contributed by atoms with van der Waals surface area (Å²) in [5.74, 6) is 2.27. The molecular weight excluding hydrogens is 220 g/mol. The lowest BCUT2D eigenvalue weighted by Crippen LogP contribution is -2.11. The molecule has 1 aromatic heterocycles. The number of hydrogen-bond donors (Lipinski definition) is 0. The fourth-order valence-electron chi connectivity index (χ4n) is 1.81. The zero-order valence-corrected chi connectivity index (χ0v) is 14.2. The van der Waals surface area contributed by atoms with Gasteiger partial charge in [-0.3, -0.25) is 0 Å². The number of aromatic nitrogens is 2. The maximum atomic E-state index is 4.52. The van der Waals surface area contributed by atoms with Crippen LogP contribution in [0.4, 0.5) is 0 Å². The fraction of sp³-hybridized carbons (Fsp3) is 0.812. The van der Waals surface area contributed by atoms with Gasteiger partial charge in [0.05, 0.1) is 0 Å². The van der Waals surface area contributed by atoms with E-state index in [-0.39, 0.29) is 0 Å². The molecule has 1 heterocycles. The molecule has 0 aliphatic heterocycles. The van der Waals surface area contributed by atoms with Crippen LogP contribution in [0.2, 0.25) is 0 Å². The van der Waals surface area contributed by atoms with Gasteiger partial charge in [-0.15, -0.1) is 0 Å². The first kappa shape index (κ1) is 19.5. The van der Waals surface area contributed by atoms with Crippen molar-refractivity contribution in [2.45, 2.75) is 87.1 Å². The van der Waals surface area contributed by atoms with Crippen molar-refractivity contribution in [2.75, 3.05) is 0 Å². The first-order valence-electron chi connectivity index (χ1n) is 7.52. The van der Waals surface area contributed by atoms with E-state index in [1.165, 1.54) is 11.5 Å². The Bertz CT molecular complexity index is 271. The van der Waals surface area contributed by atoms with Gasteiger partial charge in [0.25, 0.3) is 0 Å². The second kappa shape index (κ2) is 10.2. The van der Waals surface area contributed by atoms with E-state index in [9.17, 15) is 0 Å². The molecular formula is C16H34N2. The standard InChI is InChI=1S/C12H22N2.2C2H6/c1-8(2)11-7-13-12(9(3)4)14(11)10(5)6;2*1-2/h7-10H,1-6H3;2*1-2H3. The van der Waals surface area contributed by atoms with Crippen molar-refractivity contribution in [3.8, 4) is 0 Å². The average molecular weight is 254 g/mol. The number of nitrogens with zero attached hydrogens (tertiary/aromatic N) is 2. The van der Waals surface area contributed by atoms with Crippen molar-refractivity contribution in [2.24, 2.45) is 0 Å². The molecule has 0 saturated heterocycles. The largest absolute Gasteiger partial charge is 0.329 e. The highest BCUT2D eigenvalue weighted by molar-refractivity contribution is 5.13. The van der Waals surface area contributed by atoms with Gasteiger partial charge in [-0.25, -0.2) is 4.98 Å². The Hall–Kier alpha value is -0.790. The van der Waals surface area contributed by atoms with E-state index < -0.39 is 0 Å². The molecule has 1 rings (SSSR count). The topological polar surface area (TPSA) is 17.8 Å². The third-order valence-electron chi connectivity index (χ3n) is 2.48. The average Bonchev–Trinajstić information content (AvgIpc) is 2.79. The molecule has 2 heteroatoms. The van der Waals surface area contributed by atoms with Gasteiger partial charge in [-0.2, -0.15) is 0 Å². The summed E-state index contributed by atoms with van der Waals surface area (Å²) in [7, 11) is 0. The molecule has 0 amide bonds. The number of hydrogen-bond acceptors (Lipinski definition) is 1. The van der Waals surface area contributed by atoms with Gasteiger partial charge in [-0.1, -0.05) is 55.4 Å². The molecule has 0 aliphatic carbocycles. The van der Waals surface area contributed by atoms with Gasteiger partial charge in [-0.05, 0) is 19.8 Å². The zero-order valence-electron chi connectivity index (χ0n) is 14.2. The van der Waals surface area contributed by atoms with E-state index >= 15 is 0 Å². The summed E-state index contributed by atoms with van der Waals surface area (Å²) in [6.45, 7) is 21.3. The Labute approximate surface area is 115 Å². The quantitative estimate of drug-likeness (QED) is 0.670. The Kier molecular flexibility index (Phi) is 11.0. The van der Waals surface area contributed by atoms with Crippen LogP contribution in [0.3, 0.4) is 0 Å². The monoisotopic (exact) mass is 254 g/mol. The highest BCUT2D eigenvalue weighted by Gasteiger charge is 2.16. The Balaban J connectivity index is 0. The highest BCUT2D eigenvalue weighted by atomic mass is 15.1. The molecule has 0 radical (unpaired) electrons. The Morgan fingerprint density at radius 1 is 0.833 bits per heavy atom. The molecule has 1 aromatic rings. The summed E-state index contributed by atoms with van der Waals surface area (Å²) < 4.78 is 2.37. The van der Waals surface area contributed by atoms with Gasteiger partial charge >= 0.3 is 0 Å². The van der Waals surface area contributed by atoms with Gasteiger partial charge in [0.2, 0.25) is 0 Å². The molecule has 0 fully saturated rings. The summed E-state index contributed by atoms with van der Waals surface area (Å²) in [4.78, 5) is 4.52.